The molecule has 0 atom stereocenters. The number of para-hydroxylation sites is 1. The van der Waals surface area contributed by atoms with Crippen molar-refractivity contribution in [3.63, 3.8) is 0 Å². The number of sulfonamides is 1. The number of nitrogens with one attached hydrogen (secondary N) is 3. The Morgan fingerprint density at radius 3 is 2.21 bits per heavy atom. The van der Waals surface area contributed by atoms with Crippen LogP contribution in [0.1, 0.15) is 5.56 Å². The lowest BCUT2D eigenvalue weighted by Crippen LogP contribution is -2.19. The Kier molecular flexibility index (Phi) is 6.64. The largest absolute Gasteiger partial charge is 0.332 e. The van der Waals surface area contributed by atoms with E-state index in [1.54, 1.807) is 42.5 Å². The quantitative estimate of drug-likeness (QED) is 0.408. The van der Waals surface area contributed by atoms with Crippen molar-refractivity contribution in [1.82, 2.24) is 0 Å². The van der Waals surface area contributed by atoms with Crippen molar-refractivity contribution in [3.05, 3.63) is 82.3 Å². The summed E-state index contributed by atoms with van der Waals surface area (Å²) in [6, 6.07) is 18.6. The molecule has 3 aromatic rings. The van der Waals surface area contributed by atoms with Crippen molar-refractivity contribution in [2.75, 3.05) is 15.4 Å². The van der Waals surface area contributed by atoms with Gasteiger partial charge in [-0.05, 0) is 67.2 Å². The molecule has 0 bridgehead atoms. The summed E-state index contributed by atoms with van der Waals surface area (Å²) in [5.74, 6) is 0. The third-order valence-electron chi connectivity index (χ3n) is 4.01. The van der Waals surface area contributed by atoms with E-state index < -0.39 is 10.0 Å². The average Bonchev–Trinajstić information content (AvgIpc) is 2.67. The van der Waals surface area contributed by atoms with Crippen molar-refractivity contribution in [2.45, 2.75) is 11.8 Å². The normalized spacial score (nSPS) is 11.0. The highest BCUT2D eigenvalue weighted by molar-refractivity contribution is 7.92. The fourth-order valence-corrected chi connectivity index (χ4v) is 4.20. The van der Waals surface area contributed by atoms with Crippen molar-refractivity contribution in [1.29, 1.82) is 0 Å². The maximum Gasteiger partial charge on any atom is 0.261 e. The predicted molar refractivity (Wildman–Crippen MR) is 125 cm³/mol. The Balaban J connectivity index is 1.69. The molecule has 0 fully saturated rings. The second kappa shape index (κ2) is 9.00. The topological polar surface area (TPSA) is 70.2 Å². The Bertz CT molecular complexity index is 1150. The van der Waals surface area contributed by atoms with Crippen LogP contribution in [0.5, 0.6) is 0 Å². The molecule has 9 heteroatoms. The van der Waals surface area contributed by atoms with Crippen LogP contribution in [0.25, 0.3) is 0 Å². The zero-order valence-electron chi connectivity index (χ0n) is 15.2. The molecule has 3 N–H and O–H groups in total. The van der Waals surface area contributed by atoms with Gasteiger partial charge < -0.3 is 10.6 Å². The molecule has 0 amide bonds. The van der Waals surface area contributed by atoms with Crippen LogP contribution in [-0.4, -0.2) is 13.5 Å². The van der Waals surface area contributed by atoms with E-state index >= 15 is 0 Å². The molecule has 3 aromatic carbocycles. The van der Waals surface area contributed by atoms with E-state index in [0.717, 1.165) is 5.56 Å². The van der Waals surface area contributed by atoms with Crippen molar-refractivity contribution >= 4 is 67.6 Å². The lowest BCUT2D eigenvalue weighted by atomic mass is 10.2. The van der Waals surface area contributed by atoms with Gasteiger partial charge in [0.2, 0.25) is 0 Å². The number of hydrogen-bond donors (Lipinski definition) is 3. The molecule has 0 aliphatic carbocycles. The Labute approximate surface area is 185 Å². The van der Waals surface area contributed by atoms with Gasteiger partial charge >= 0.3 is 0 Å². The van der Waals surface area contributed by atoms with Gasteiger partial charge in [-0.1, -0.05) is 47.5 Å². The van der Waals surface area contributed by atoms with Gasteiger partial charge in [0.25, 0.3) is 10.0 Å². The molecule has 29 heavy (non-hydrogen) atoms. The van der Waals surface area contributed by atoms with E-state index in [9.17, 15) is 8.42 Å². The van der Waals surface area contributed by atoms with Crippen LogP contribution in [0.4, 0.5) is 17.1 Å². The zero-order valence-corrected chi connectivity index (χ0v) is 18.4. The summed E-state index contributed by atoms with van der Waals surface area (Å²) in [6.45, 7) is 1.84. The van der Waals surface area contributed by atoms with E-state index in [2.05, 4.69) is 15.4 Å². The molecule has 0 radical (unpaired) electrons. The third kappa shape index (κ3) is 5.39. The van der Waals surface area contributed by atoms with E-state index in [4.69, 9.17) is 35.4 Å². The second-order valence-electron chi connectivity index (χ2n) is 6.13. The molecule has 0 aliphatic heterocycles. The minimum atomic E-state index is -3.70. The van der Waals surface area contributed by atoms with Crippen LogP contribution >= 0.6 is 35.4 Å². The highest BCUT2D eigenvalue weighted by Crippen LogP contribution is 2.29. The minimum absolute atomic E-state index is 0.142. The highest BCUT2D eigenvalue weighted by atomic mass is 35.5. The molecule has 5 nitrogen and oxygen atoms in total. The van der Waals surface area contributed by atoms with Gasteiger partial charge in [0.05, 0.1) is 26.3 Å². The Hall–Kier alpha value is -2.32. The number of rotatable bonds is 5. The lowest BCUT2D eigenvalue weighted by molar-refractivity contribution is 0.601. The van der Waals surface area contributed by atoms with E-state index in [0.29, 0.717) is 32.2 Å². The lowest BCUT2D eigenvalue weighted by Gasteiger charge is -2.13. The fraction of sp³-hybridized carbons (Fsp3) is 0.0500. The fourth-order valence-electron chi connectivity index (χ4n) is 2.49. The number of aryl methyl sites for hydroxylation is 1. The summed E-state index contributed by atoms with van der Waals surface area (Å²) in [5.41, 5.74) is 2.57. The summed E-state index contributed by atoms with van der Waals surface area (Å²) < 4.78 is 27.8. The molecule has 0 saturated heterocycles. The van der Waals surface area contributed by atoms with Gasteiger partial charge in [0, 0.05) is 5.69 Å². The van der Waals surface area contributed by atoms with Crippen molar-refractivity contribution in [2.24, 2.45) is 0 Å². The van der Waals surface area contributed by atoms with Crippen molar-refractivity contribution < 1.29 is 8.42 Å². The van der Waals surface area contributed by atoms with Crippen LogP contribution in [0.3, 0.4) is 0 Å². The Morgan fingerprint density at radius 1 is 0.862 bits per heavy atom. The van der Waals surface area contributed by atoms with Gasteiger partial charge in [-0.15, -0.1) is 0 Å². The van der Waals surface area contributed by atoms with Gasteiger partial charge in [-0.25, -0.2) is 8.42 Å². The van der Waals surface area contributed by atoms with Crippen LogP contribution in [0, 0.1) is 6.92 Å². The number of anilines is 3. The van der Waals surface area contributed by atoms with Crippen LogP contribution in [-0.2, 0) is 10.0 Å². The maximum absolute atomic E-state index is 12.6. The predicted octanol–water partition coefficient (Wildman–Crippen LogP) is 5.91. The smallest absolute Gasteiger partial charge is 0.261 e. The summed E-state index contributed by atoms with van der Waals surface area (Å²) in [6.07, 6.45) is 0. The number of halogens is 2. The standard InChI is InChI=1S/C20H17Cl2N3O2S2/c1-13-5-2-3-7-17(13)25-29(26,27)15-11-9-14(10-12-15)23-20(28)24-18-8-4-6-16(21)19(18)22/h2-12,25H,1H3,(H2,23,24,28). The zero-order chi connectivity index (χ0) is 21.0. The molecule has 0 heterocycles. The summed E-state index contributed by atoms with van der Waals surface area (Å²) >= 11 is 17.4. The second-order valence-corrected chi connectivity index (χ2v) is 9.00. The molecule has 0 saturated carbocycles. The van der Waals surface area contributed by atoms with Crippen molar-refractivity contribution in [3.8, 4) is 0 Å². The SMILES string of the molecule is Cc1ccccc1NS(=O)(=O)c1ccc(NC(=S)Nc2cccc(Cl)c2Cl)cc1. The molecule has 150 valence electrons. The maximum atomic E-state index is 12.6. The molecule has 0 aromatic heterocycles. The first-order chi connectivity index (χ1) is 13.8. The summed E-state index contributed by atoms with van der Waals surface area (Å²) in [7, 11) is -3.70. The van der Waals surface area contributed by atoms with Crippen LogP contribution < -0.4 is 15.4 Å². The van der Waals surface area contributed by atoms with E-state index in [1.807, 2.05) is 19.1 Å². The first-order valence-corrected chi connectivity index (χ1v) is 11.1. The molecule has 0 aliphatic rings. The van der Waals surface area contributed by atoms with E-state index in [-0.39, 0.29) is 4.90 Å². The van der Waals surface area contributed by atoms with Crippen LogP contribution in [0.15, 0.2) is 71.6 Å². The van der Waals surface area contributed by atoms with Gasteiger partial charge in [0.15, 0.2) is 5.11 Å². The molecule has 0 unspecified atom stereocenters. The average molecular weight is 466 g/mol. The van der Waals surface area contributed by atoms with Gasteiger partial charge in [-0.3, -0.25) is 4.72 Å². The first kappa shape index (κ1) is 21.4. The highest BCUT2D eigenvalue weighted by Gasteiger charge is 2.15. The number of benzene rings is 3. The minimum Gasteiger partial charge on any atom is -0.332 e. The molecular formula is C20H17Cl2N3O2S2. The number of thiocarbonyl (C=S) groups is 1. The number of hydrogen-bond acceptors (Lipinski definition) is 3. The third-order valence-corrected chi connectivity index (χ3v) is 6.42. The van der Waals surface area contributed by atoms with Gasteiger partial charge in [0.1, 0.15) is 0 Å². The molecule has 3 rings (SSSR count). The Morgan fingerprint density at radius 2 is 1.52 bits per heavy atom. The first-order valence-electron chi connectivity index (χ1n) is 8.47. The summed E-state index contributed by atoms with van der Waals surface area (Å²) in [5, 5.41) is 7.00. The van der Waals surface area contributed by atoms with Gasteiger partial charge in [-0.2, -0.15) is 0 Å². The molecule has 0 spiro atoms. The molecular weight excluding hydrogens is 449 g/mol. The monoisotopic (exact) mass is 465 g/mol. The van der Waals surface area contributed by atoms with E-state index in [1.165, 1.54) is 12.1 Å². The summed E-state index contributed by atoms with van der Waals surface area (Å²) in [4.78, 5) is 0.142. The van der Waals surface area contributed by atoms with Crippen LogP contribution in [0.2, 0.25) is 10.0 Å².